The molecule has 0 atom stereocenters. The maximum absolute atomic E-state index is 12.6. The molecule has 0 saturated heterocycles. The van der Waals surface area contributed by atoms with Crippen LogP contribution in [0.3, 0.4) is 0 Å². The van der Waals surface area contributed by atoms with Crippen LogP contribution in [0.15, 0.2) is 83.8 Å². The highest BCUT2D eigenvalue weighted by Gasteiger charge is 2.24. The molecule has 0 amide bonds. The van der Waals surface area contributed by atoms with Crippen molar-refractivity contribution in [1.29, 1.82) is 0 Å². The van der Waals surface area contributed by atoms with Crippen LogP contribution in [0.25, 0.3) is 0 Å². The molecule has 4 heteroatoms. The summed E-state index contributed by atoms with van der Waals surface area (Å²) < 4.78 is 5.10. The topological polar surface area (TPSA) is 26.3 Å². The van der Waals surface area contributed by atoms with Crippen LogP contribution in [0.1, 0.15) is 10.4 Å². The van der Waals surface area contributed by atoms with Gasteiger partial charge in [0.1, 0.15) is 0 Å². The van der Waals surface area contributed by atoms with Gasteiger partial charge < -0.3 is 4.74 Å². The van der Waals surface area contributed by atoms with Crippen molar-refractivity contribution in [1.82, 2.24) is 0 Å². The van der Waals surface area contributed by atoms with Crippen LogP contribution in [0.2, 0.25) is 0 Å². The van der Waals surface area contributed by atoms with Gasteiger partial charge in [0.25, 0.3) is 0 Å². The lowest BCUT2D eigenvalue weighted by molar-refractivity contribution is 0.0602. The first-order chi connectivity index (χ1) is 12.9. The van der Waals surface area contributed by atoms with Crippen molar-refractivity contribution in [3.05, 3.63) is 84.4 Å². The molecule has 27 heavy (non-hydrogen) atoms. The Balaban J connectivity index is 2.28. The fourth-order valence-electron chi connectivity index (χ4n) is 2.94. The van der Waals surface area contributed by atoms with Gasteiger partial charge in [-0.3, -0.25) is 0 Å². The van der Waals surface area contributed by atoms with E-state index < -0.39 is 17.9 Å². The quantitative estimate of drug-likeness (QED) is 0.475. The zero-order chi connectivity index (χ0) is 19.4. The second-order valence-corrected chi connectivity index (χ2v) is 13.3. The number of carbonyl (C=O) groups is 1. The van der Waals surface area contributed by atoms with Gasteiger partial charge in [0.15, 0.2) is 0 Å². The van der Waals surface area contributed by atoms with Crippen LogP contribution in [0.4, 0.5) is 0 Å². The molecule has 0 N–H and O–H groups in total. The Kier molecular flexibility index (Phi) is 6.04. The van der Waals surface area contributed by atoms with Crippen molar-refractivity contribution in [2.75, 3.05) is 25.9 Å². The molecule has 0 radical (unpaired) electrons. The van der Waals surface area contributed by atoms with Gasteiger partial charge in [0.05, 0.1) is 12.7 Å². The van der Waals surface area contributed by atoms with Crippen LogP contribution in [-0.2, 0) is 4.74 Å². The van der Waals surface area contributed by atoms with E-state index in [1.807, 2.05) is 18.2 Å². The highest BCUT2D eigenvalue weighted by molar-refractivity contribution is 8.32. The van der Waals surface area contributed by atoms with Crippen molar-refractivity contribution in [3.8, 4) is 0 Å². The highest BCUT2D eigenvalue weighted by atomic mass is 32.3. The van der Waals surface area contributed by atoms with E-state index in [9.17, 15) is 4.79 Å². The van der Waals surface area contributed by atoms with E-state index in [0.29, 0.717) is 5.56 Å². The van der Waals surface area contributed by atoms with Crippen LogP contribution in [-0.4, -0.2) is 31.8 Å². The van der Waals surface area contributed by atoms with Gasteiger partial charge in [0, 0.05) is 5.30 Å². The van der Waals surface area contributed by atoms with Crippen molar-refractivity contribution >= 4 is 39.8 Å². The molecule has 0 unspecified atom stereocenters. The summed E-state index contributed by atoms with van der Waals surface area (Å²) in [6.07, 6.45) is 6.83. The summed E-state index contributed by atoms with van der Waals surface area (Å²) in [7, 11) is -0.323. The lowest BCUT2D eigenvalue weighted by Gasteiger charge is -2.29. The summed E-state index contributed by atoms with van der Waals surface area (Å²) in [5, 5.41) is 3.52. The molecule has 0 aliphatic carbocycles. The smallest absolute Gasteiger partial charge is 0.338 e. The van der Waals surface area contributed by atoms with Crippen molar-refractivity contribution in [2.45, 2.75) is 4.90 Å². The van der Waals surface area contributed by atoms with Crippen molar-refractivity contribution in [3.63, 3.8) is 0 Å². The van der Waals surface area contributed by atoms with Gasteiger partial charge in [-0.25, -0.2) is 14.8 Å². The molecule has 0 spiro atoms. The average molecular weight is 396 g/mol. The number of ether oxygens (including phenoxy) is 1. The van der Waals surface area contributed by atoms with Gasteiger partial charge in [-0.05, 0) is 60.4 Å². The Hall–Kier alpha value is -2.09. The molecule has 0 saturated carbocycles. The van der Waals surface area contributed by atoms with Crippen molar-refractivity contribution in [2.24, 2.45) is 0 Å². The fourth-order valence-corrected chi connectivity index (χ4v) is 6.45. The Bertz CT molecular complexity index is 879. The number of hydrogen-bond donors (Lipinski definition) is 0. The number of esters is 1. The molecular formula is C23H25O2PS. The summed E-state index contributed by atoms with van der Waals surface area (Å²) >= 11 is 0. The summed E-state index contributed by atoms with van der Waals surface area (Å²) in [4.78, 5) is 13.9. The van der Waals surface area contributed by atoms with Crippen LogP contribution in [0, 0.1) is 0 Å². The number of carbonyl (C=O) groups excluding carboxylic acids is 1. The second kappa shape index (κ2) is 8.29. The van der Waals surface area contributed by atoms with Crippen LogP contribution < -0.4 is 15.9 Å². The first kappa shape index (κ1) is 19.7. The lowest BCUT2D eigenvalue weighted by atomic mass is 10.2. The summed E-state index contributed by atoms with van der Waals surface area (Å²) in [5.41, 5.74) is 0.656. The van der Waals surface area contributed by atoms with Crippen molar-refractivity contribution < 1.29 is 9.53 Å². The lowest BCUT2D eigenvalue weighted by Crippen LogP contribution is -2.26. The Morgan fingerprint density at radius 3 is 1.78 bits per heavy atom. The van der Waals surface area contributed by atoms with Gasteiger partial charge in [-0.15, -0.1) is 0 Å². The SMILES string of the molecule is COC(=O)c1ccc(S(C)(C)C)cc1P(c1ccccc1)c1ccccc1. The number of benzene rings is 3. The molecular weight excluding hydrogens is 371 g/mol. The number of methoxy groups -OCH3 is 1. The number of rotatable bonds is 5. The molecule has 0 aromatic heterocycles. The van der Waals surface area contributed by atoms with Crippen LogP contribution in [0.5, 0.6) is 0 Å². The van der Waals surface area contributed by atoms with E-state index in [2.05, 4.69) is 79.4 Å². The monoisotopic (exact) mass is 396 g/mol. The average Bonchev–Trinajstić information content (AvgIpc) is 2.68. The minimum atomic E-state index is -0.914. The Labute approximate surface area is 164 Å². The molecule has 3 rings (SSSR count). The summed E-state index contributed by atoms with van der Waals surface area (Å²) in [5.74, 6) is -0.278. The fraction of sp³-hybridized carbons (Fsp3) is 0.174. The highest BCUT2D eigenvalue weighted by Crippen LogP contribution is 2.46. The first-order valence-electron chi connectivity index (χ1n) is 8.73. The third kappa shape index (κ3) is 4.43. The molecule has 0 fully saturated rings. The zero-order valence-corrected chi connectivity index (χ0v) is 17.9. The predicted molar refractivity (Wildman–Crippen MR) is 120 cm³/mol. The first-order valence-corrected chi connectivity index (χ1v) is 12.9. The minimum Gasteiger partial charge on any atom is -0.465 e. The summed E-state index contributed by atoms with van der Waals surface area (Å²) in [6, 6.07) is 27.1. The Morgan fingerprint density at radius 2 is 1.33 bits per heavy atom. The van der Waals surface area contributed by atoms with E-state index in [1.54, 1.807) is 0 Å². The second-order valence-electron chi connectivity index (χ2n) is 7.01. The predicted octanol–water partition coefficient (Wildman–Crippen LogP) is 4.28. The Morgan fingerprint density at radius 1 is 0.815 bits per heavy atom. The zero-order valence-electron chi connectivity index (χ0n) is 16.2. The van der Waals surface area contributed by atoms with Gasteiger partial charge >= 0.3 is 5.97 Å². The van der Waals surface area contributed by atoms with Gasteiger partial charge in [0.2, 0.25) is 0 Å². The third-order valence-electron chi connectivity index (χ3n) is 4.35. The molecule has 0 heterocycles. The standard InChI is InChI=1S/C23H25O2PS/c1-25-23(24)21-16-15-20(27(2,3)4)17-22(21)26(18-11-7-5-8-12-18)19-13-9-6-10-14-19/h5-17H,1-4H3. The molecule has 0 aliphatic rings. The van der Waals surface area contributed by atoms with E-state index in [1.165, 1.54) is 22.6 Å². The van der Waals surface area contributed by atoms with Crippen LogP contribution >= 0.6 is 17.9 Å². The maximum Gasteiger partial charge on any atom is 0.338 e. The number of hydrogen-bond acceptors (Lipinski definition) is 2. The largest absolute Gasteiger partial charge is 0.465 e. The molecule has 0 aliphatic heterocycles. The van der Waals surface area contributed by atoms with E-state index in [0.717, 1.165) is 5.30 Å². The van der Waals surface area contributed by atoms with E-state index in [-0.39, 0.29) is 5.97 Å². The van der Waals surface area contributed by atoms with Gasteiger partial charge in [-0.1, -0.05) is 60.7 Å². The third-order valence-corrected chi connectivity index (χ3v) is 8.50. The minimum absolute atomic E-state index is 0.278. The molecule has 2 nitrogen and oxygen atoms in total. The molecule has 3 aromatic carbocycles. The van der Waals surface area contributed by atoms with E-state index in [4.69, 9.17) is 4.74 Å². The molecule has 0 bridgehead atoms. The maximum atomic E-state index is 12.6. The van der Waals surface area contributed by atoms with E-state index >= 15 is 0 Å². The van der Waals surface area contributed by atoms with Gasteiger partial charge in [-0.2, -0.15) is 0 Å². The normalized spacial score (nSPS) is 12.0. The summed E-state index contributed by atoms with van der Waals surface area (Å²) in [6.45, 7) is 0. The molecule has 3 aromatic rings. The molecule has 140 valence electrons.